The van der Waals surface area contributed by atoms with Gasteiger partial charge in [-0.1, -0.05) is 13.8 Å². The Kier molecular flexibility index (Phi) is 3.79. The minimum absolute atomic E-state index is 0.0587. The first-order valence-electron chi connectivity index (χ1n) is 6.57. The summed E-state index contributed by atoms with van der Waals surface area (Å²) in [4.78, 5) is 25.7. The fourth-order valence-corrected chi connectivity index (χ4v) is 3.14. The van der Waals surface area contributed by atoms with Crippen LogP contribution in [0.3, 0.4) is 0 Å². The highest BCUT2D eigenvalue weighted by molar-refractivity contribution is 7.90. The van der Waals surface area contributed by atoms with Crippen LogP contribution in [0.4, 0.5) is 11.4 Å². The zero-order chi connectivity index (χ0) is 15.9. The molecule has 0 unspecified atom stereocenters. The molecule has 1 atom stereocenters. The van der Waals surface area contributed by atoms with Gasteiger partial charge in [0.1, 0.15) is 6.04 Å². The number of nitrogens with one attached hydrogen (secondary N) is 1. The zero-order valence-corrected chi connectivity index (χ0v) is 13.2. The van der Waals surface area contributed by atoms with Crippen molar-refractivity contribution in [3.8, 4) is 0 Å². The monoisotopic (exact) mass is 310 g/mol. The molecule has 1 aliphatic heterocycles. The number of sulfone groups is 1. The molecule has 0 fully saturated rings. The topological polar surface area (TPSA) is 83.6 Å². The van der Waals surface area contributed by atoms with E-state index in [0.29, 0.717) is 11.4 Å². The molecule has 1 heterocycles. The second-order valence-corrected chi connectivity index (χ2v) is 7.53. The Bertz CT molecular complexity index is 710. The maximum atomic E-state index is 12.2. The molecule has 0 radical (unpaired) electrons. The summed E-state index contributed by atoms with van der Waals surface area (Å²) in [5.41, 5.74) is 0.864. The molecule has 0 bridgehead atoms. The van der Waals surface area contributed by atoms with Crippen molar-refractivity contribution in [3.63, 3.8) is 0 Å². The number of carbonyl (C=O) groups is 2. The van der Waals surface area contributed by atoms with Gasteiger partial charge in [0, 0.05) is 13.2 Å². The first-order chi connectivity index (χ1) is 9.62. The summed E-state index contributed by atoms with van der Waals surface area (Å²) >= 11 is 0. The Morgan fingerprint density at radius 3 is 2.43 bits per heavy atom. The van der Waals surface area contributed by atoms with Crippen molar-refractivity contribution in [1.29, 1.82) is 0 Å². The Labute approximate surface area is 124 Å². The summed E-state index contributed by atoms with van der Waals surface area (Å²) in [5.74, 6) is -0.619. The average molecular weight is 310 g/mol. The fourth-order valence-electron chi connectivity index (χ4n) is 2.50. The fraction of sp³-hybridized carbons (Fsp3) is 0.429. The van der Waals surface area contributed by atoms with Crippen molar-refractivity contribution in [1.82, 2.24) is 0 Å². The van der Waals surface area contributed by atoms with E-state index in [-0.39, 0.29) is 22.6 Å². The van der Waals surface area contributed by atoms with E-state index in [1.807, 2.05) is 13.8 Å². The molecule has 2 amide bonds. The predicted octanol–water partition coefficient (Wildman–Crippen LogP) is 1.42. The number of benzene rings is 1. The average Bonchev–Trinajstić information content (AvgIpc) is 2.34. The SMILES string of the molecule is CC(=O)N1c2ccc(S(C)(=O)=O)cc2NC(=O)[C@@H]1C(C)C. The van der Waals surface area contributed by atoms with Gasteiger partial charge in [-0.25, -0.2) is 8.42 Å². The molecule has 21 heavy (non-hydrogen) atoms. The van der Waals surface area contributed by atoms with E-state index in [1.54, 1.807) is 6.07 Å². The molecule has 1 aromatic rings. The number of carbonyl (C=O) groups excluding carboxylic acids is 2. The Hall–Kier alpha value is -1.89. The van der Waals surface area contributed by atoms with E-state index < -0.39 is 15.9 Å². The van der Waals surface area contributed by atoms with Crippen LogP contribution in [0, 0.1) is 5.92 Å². The third-order valence-corrected chi connectivity index (χ3v) is 4.54. The largest absolute Gasteiger partial charge is 0.322 e. The maximum absolute atomic E-state index is 12.2. The molecular formula is C14H18N2O4S. The van der Waals surface area contributed by atoms with Crippen LogP contribution in [-0.4, -0.2) is 32.5 Å². The van der Waals surface area contributed by atoms with Gasteiger partial charge < -0.3 is 5.32 Å². The lowest BCUT2D eigenvalue weighted by Crippen LogP contribution is -2.53. The van der Waals surface area contributed by atoms with Gasteiger partial charge in [0.05, 0.1) is 16.3 Å². The van der Waals surface area contributed by atoms with Crippen molar-refractivity contribution in [3.05, 3.63) is 18.2 Å². The van der Waals surface area contributed by atoms with Crippen LogP contribution in [0.2, 0.25) is 0 Å². The summed E-state index contributed by atoms with van der Waals surface area (Å²) < 4.78 is 23.2. The van der Waals surface area contributed by atoms with E-state index in [2.05, 4.69) is 5.32 Å². The van der Waals surface area contributed by atoms with Crippen LogP contribution < -0.4 is 10.2 Å². The van der Waals surface area contributed by atoms with E-state index in [0.717, 1.165) is 6.26 Å². The minimum atomic E-state index is -3.38. The second-order valence-electron chi connectivity index (χ2n) is 5.52. The van der Waals surface area contributed by atoms with Crippen molar-refractivity contribution < 1.29 is 18.0 Å². The van der Waals surface area contributed by atoms with Crippen LogP contribution in [-0.2, 0) is 19.4 Å². The van der Waals surface area contributed by atoms with E-state index in [4.69, 9.17) is 0 Å². The lowest BCUT2D eigenvalue weighted by Gasteiger charge is -2.38. The molecular weight excluding hydrogens is 292 g/mol. The number of fused-ring (bicyclic) bond motifs is 1. The van der Waals surface area contributed by atoms with Gasteiger partial charge in [0.15, 0.2) is 9.84 Å². The summed E-state index contributed by atoms with van der Waals surface area (Å²) in [6.07, 6.45) is 1.10. The number of amides is 2. The van der Waals surface area contributed by atoms with Gasteiger partial charge in [-0.2, -0.15) is 0 Å². The summed E-state index contributed by atoms with van der Waals surface area (Å²) in [5, 5.41) is 2.69. The van der Waals surface area contributed by atoms with Gasteiger partial charge in [-0.15, -0.1) is 0 Å². The van der Waals surface area contributed by atoms with E-state index in [9.17, 15) is 18.0 Å². The molecule has 114 valence electrons. The molecule has 0 aromatic heterocycles. The van der Waals surface area contributed by atoms with Gasteiger partial charge >= 0.3 is 0 Å². The normalized spacial score (nSPS) is 18.4. The van der Waals surface area contributed by atoms with Crippen LogP contribution in [0.5, 0.6) is 0 Å². The Morgan fingerprint density at radius 1 is 1.33 bits per heavy atom. The van der Waals surface area contributed by atoms with Gasteiger partial charge in [0.2, 0.25) is 11.8 Å². The standard InChI is InChI=1S/C14H18N2O4S/c1-8(2)13-14(18)15-11-7-10(21(4,19)20)5-6-12(11)16(13)9(3)17/h5-8,13H,1-4H3,(H,15,18)/t13-/m0/s1. The third kappa shape index (κ3) is 2.78. The highest BCUT2D eigenvalue weighted by Crippen LogP contribution is 2.36. The zero-order valence-electron chi connectivity index (χ0n) is 12.4. The second kappa shape index (κ2) is 5.14. The van der Waals surface area contributed by atoms with E-state index >= 15 is 0 Å². The number of anilines is 2. The first kappa shape index (κ1) is 15.5. The maximum Gasteiger partial charge on any atom is 0.247 e. The van der Waals surface area contributed by atoms with Crippen molar-refractivity contribution in [2.24, 2.45) is 5.92 Å². The molecule has 1 aromatic carbocycles. The number of nitrogens with zero attached hydrogens (tertiary/aromatic N) is 1. The lowest BCUT2D eigenvalue weighted by molar-refractivity contribution is -0.123. The van der Waals surface area contributed by atoms with Crippen LogP contribution in [0.15, 0.2) is 23.1 Å². The molecule has 0 aliphatic carbocycles. The Morgan fingerprint density at radius 2 is 1.95 bits per heavy atom. The lowest BCUT2D eigenvalue weighted by atomic mass is 9.97. The number of rotatable bonds is 2. The van der Waals surface area contributed by atoms with Crippen molar-refractivity contribution in [2.75, 3.05) is 16.5 Å². The summed E-state index contributed by atoms with van der Waals surface area (Å²) in [7, 11) is -3.38. The quantitative estimate of drug-likeness (QED) is 0.895. The molecule has 0 saturated carbocycles. The minimum Gasteiger partial charge on any atom is -0.322 e. The van der Waals surface area contributed by atoms with Crippen LogP contribution in [0.25, 0.3) is 0 Å². The van der Waals surface area contributed by atoms with Crippen LogP contribution >= 0.6 is 0 Å². The highest BCUT2D eigenvalue weighted by atomic mass is 32.2. The number of hydrogen-bond donors (Lipinski definition) is 1. The molecule has 7 heteroatoms. The molecule has 0 spiro atoms. The summed E-state index contributed by atoms with van der Waals surface area (Å²) in [6, 6.07) is 3.79. The van der Waals surface area contributed by atoms with Crippen molar-refractivity contribution >= 4 is 33.0 Å². The van der Waals surface area contributed by atoms with Gasteiger partial charge in [-0.05, 0) is 24.1 Å². The molecule has 1 N–H and O–H groups in total. The first-order valence-corrected chi connectivity index (χ1v) is 8.47. The molecule has 2 rings (SSSR count). The highest BCUT2D eigenvalue weighted by Gasteiger charge is 2.37. The van der Waals surface area contributed by atoms with Crippen LogP contribution in [0.1, 0.15) is 20.8 Å². The molecule has 6 nitrogen and oxygen atoms in total. The van der Waals surface area contributed by atoms with Crippen molar-refractivity contribution in [2.45, 2.75) is 31.7 Å². The third-order valence-electron chi connectivity index (χ3n) is 3.43. The smallest absolute Gasteiger partial charge is 0.247 e. The summed E-state index contributed by atoms with van der Waals surface area (Å²) in [6.45, 7) is 5.11. The predicted molar refractivity (Wildman–Crippen MR) is 80.0 cm³/mol. The molecule has 0 saturated heterocycles. The van der Waals surface area contributed by atoms with Gasteiger partial charge in [0.25, 0.3) is 0 Å². The number of hydrogen-bond acceptors (Lipinski definition) is 4. The van der Waals surface area contributed by atoms with E-state index in [1.165, 1.54) is 24.0 Å². The Balaban J connectivity index is 2.61. The molecule has 1 aliphatic rings. The van der Waals surface area contributed by atoms with Gasteiger partial charge in [-0.3, -0.25) is 14.5 Å².